The zero-order valence-corrected chi connectivity index (χ0v) is 12.7. The van der Waals surface area contributed by atoms with E-state index in [1.165, 1.54) is 24.5 Å². The first-order valence-electron chi connectivity index (χ1n) is 5.74. The Morgan fingerprint density at radius 3 is 2.55 bits per heavy atom. The van der Waals surface area contributed by atoms with Gasteiger partial charge in [0.15, 0.2) is 5.65 Å². The number of nitrogens with zero attached hydrogens (tertiary/aromatic N) is 2. The SMILES string of the molecule is CC(C)(C)OC(=O)n1ccc2c(S(=O)(=O)Cl)ccnc21. The lowest BCUT2D eigenvalue weighted by molar-refractivity contribution is 0.0543. The summed E-state index contributed by atoms with van der Waals surface area (Å²) in [4.78, 5) is 15.9. The van der Waals surface area contributed by atoms with Gasteiger partial charge < -0.3 is 4.74 Å². The van der Waals surface area contributed by atoms with Crippen LogP contribution in [0, 0.1) is 0 Å². The van der Waals surface area contributed by atoms with E-state index in [4.69, 9.17) is 15.4 Å². The van der Waals surface area contributed by atoms with E-state index in [-0.39, 0.29) is 15.9 Å². The van der Waals surface area contributed by atoms with Crippen LogP contribution >= 0.6 is 10.7 Å². The molecular weight excluding hydrogens is 304 g/mol. The lowest BCUT2D eigenvalue weighted by Crippen LogP contribution is -2.26. The molecule has 108 valence electrons. The van der Waals surface area contributed by atoms with Gasteiger partial charge in [0, 0.05) is 28.5 Å². The molecule has 8 heteroatoms. The fourth-order valence-corrected chi connectivity index (χ4v) is 2.73. The molecule has 0 saturated heterocycles. The molecule has 2 aromatic rings. The Kier molecular flexibility index (Phi) is 3.51. The van der Waals surface area contributed by atoms with Crippen LogP contribution in [0.4, 0.5) is 4.79 Å². The van der Waals surface area contributed by atoms with Crippen molar-refractivity contribution in [1.82, 2.24) is 9.55 Å². The maximum Gasteiger partial charge on any atom is 0.420 e. The van der Waals surface area contributed by atoms with E-state index in [9.17, 15) is 13.2 Å². The second-order valence-electron chi connectivity index (χ2n) is 5.15. The molecule has 0 fully saturated rings. The van der Waals surface area contributed by atoms with Gasteiger partial charge in [-0.1, -0.05) is 0 Å². The topological polar surface area (TPSA) is 78.3 Å². The summed E-state index contributed by atoms with van der Waals surface area (Å²) in [5.41, 5.74) is -0.481. The van der Waals surface area contributed by atoms with E-state index in [0.29, 0.717) is 0 Å². The highest BCUT2D eigenvalue weighted by Crippen LogP contribution is 2.25. The van der Waals surface area contributed by atoms with Crippen molar-refractivity contribution < 1.29 is 17.9 Å². The minimum absolute atomic E-state index is 0.0912. The number of rotatable bonds is 1. The van der Waals surface area contributed by atoms with Crippen molar-refractivity contribution in [3.05, 3.63) is 24.5 Å². The summed E-state index contributed by atoms with van der Waals surface area (Å²) in [6.45, 7) is 5.20. The Morgan fingerprint density at radius 1 is 1.35 bits per heavy atom. The third-order valence-corrected chi connectivity index (χ3v) is 3.78. The lowest BCUT2D eigenvalue weighted by atomic mass is 10.2. The molecule has 2 heterocycles. The van der Waals surface area contributed by atoms with Crippen molar-refractivity contribution in [2.24, 2.45) is 0 Å². The number of carbonyl (C=O) groups excluding carboxylic acids is 1. The van der Waals surface area contributed by atoms with Gasteiger partial charge in [-0.05, 0) is 32.9 Å². The van der Waals surface area contributed by atoms with E-state index in [1.807, 2.05) is 0 Å². The third kappa shape index (κ3) is 2.94. The summed E-state index contributed by atoms with van der Waals surface area (Å²) in [7, 11) is 1.44. The molecule has 0 atom stereocenters. The Hall–Kier alpha value is -1.60. The quantitative estimate of drug-likeness (QED) is 0.756. The standard InChI is InChI=1S/C12H13ClN2O4S/c1-12(2,3)19-11(16)15-7-5-8-9(20(13,17)18)4-6-14-10(8)15/h4-7H,1-3H3. The average molecular weight is 317 g/mol. The molecule has 0 spiro atoms. The summed E-state index contributed by atoms with van der Waals surface area (Å²) in [5.74, 6) is 0. The maximum absolute atomic E-state index is 12.0. The zero-order valence-electron chi connectivity index (χ0n) is 11.1. The number of pyridine rings is 1. The van der Waals surface area contributed by atoms with Crippen molar-refractivity contribution in [2.75, 3.05) is 0 Å². The number of aromatic nitrogens is 2. The molecule has 0 N–H and O–H groups in total. The molecular formula is C12H13ClN2O4S. The van der Waals surface area contributed by atoms with E-state index < -0.39 is 20.7 Å². The van der Waals surface area contributed by atoms with Crippen LogP contribution in [0.3, 0.4) is 0 Å². The second kappa shape index (κ2) is 4.75. The highest BCUT2D eigenvalue weighted by molar-refractivity contribution is 8.14. The summed E-state index contributed by atoms with van der Waals surface area (Å²) < 4.78 is 29.3. The molecule has 0 saturated carbocycles. The fraction of sp³-hybridized carbons (Fsp3) is 0.333. The molecule has 20 heavy (non-hydrogen) atoms. The molecule has 0 bridgehead atoms. The lowest BCUT2D eigenvalue weighted by Gasteiger charge is -2.19. The molecule has 0 aromatic carbocycles. The molecule has 0 unspecified atom stereocenters. The largest absolute Gasteiger partial charge is 0.443 e. The van der Waals surface area contributed by atoms with Gasteiger partial charge in [0.25, 0.3) is 9.05 Å². The van der Waals surface area contributed by atoms with Gasteiger partial charge in [-0.25, -0.2) is 22.8 Å². The van der Waals surface area contributed by atoms with Crippen LogP contribution in [0.1, 0.15) is 20.8 Å². The number of carbonyl (C=O) groups is 1. The Bertz CT molecular complexity index is 774. The predicted octanol–water partition coefficient (Wildman–Crippen LogP) is 2.75. The van der Waals surface area contributed by atoms with E-state index >= 15 is 0 Å². The predicted molar refractivity (Wildman–Crippen MR) is 74.4 cm³/mol. The molecule has 0 radical (unpaired) electrons. The number of hydrogen-bond acceptors (Lipinski definition) is 5. The van der Waals surface area contributed by atoms with Crippen LogP contribution in [0.15, 0.2) is 29.4 Å². The van der Waals surface area contributed by atoms with Crippen LogP contribution < -0.4 is 0 Å². The molecule has 2 rings (SSSR count). The monoisotopic (exact) mass is 316 g/mol. The fourth-order valence-electron chi connectivity index (χ4n) is 1.68. The van der Waals surface area contributed by atoms with E-state index in [2.05, 4.69) is 4.98 Å². The first-order chi connectivity index (χ1) is 9.09. The molecule has 0 amide bonds. The minimum atomic E-state index is -3.91. The van der Waals surface area contributed by atoms with Crippen molar-refractivity contribution in [1.29, 1.82) is 0 Å². The Labute approximate surface area is 120 Å². The smallest absolute Gasteiger partial charge is 0.420 e. The van der Waals surface area contributed by atoms with Gasteiger partial charge in [-0.15, -0.1) is 0 Å². The highest BCUT2D eigenvalue weighted by Gasteiger charge is 2.22. The van der Waals surface area contributed by atoms with Crippen LogP contribution in [0.5, 0.6) is 0 Å². The van der Waals surface area contributed by atoms with Gasteiger partial charge in [-0.2, -0.15) is 0 Å². The summed E-state index contributed by atoms with van der Waals surface area (Å²) in [5, 5.41) is 0.272. The van der Waals surface area contributed by atoms with Crippen LogP contribution in [0.2, 0.25) is 0 Å². The molecule has 6 nitrogen and oxygen atoms in total. The Morgan fingerprint density at radius 2 is 2.00 bits per heavy atom. The van der Waals surface area contributed by atoms with Gasteiger partial charge in [0.1, 0.15) is 5.60 Å². The van der Waals surface area contributed by atoms with Gasteiger partial charge in [0.05, 0.1) is 4.90 Å². The molecule has 0 aliphatic carbocycles. The van der Waals surface area contributed by atoms with Gasteiger partial charge in [-0.3, -0.25) is 0 Å². The summed E-state index contributed by atoms with van der Waals surface area (Å²) >= 11 is 0. The van der Waals surface area contributed by atoms with Crippen LogP contribution in [-0.4, -0.2) is 29.7 Å². The molecule has 0 aliphatic rings. The summed E-state index contributed by atoms with van der Waals surface area (Å²) in [6, 6.07) is 2.74. The number of hydrogen-bond donors (Lipinski definition) is 0. The number of halogens is 1. The van der Waals surface area contributed by atoms with Crippen molar-refractivity contribution in [2.45, 2.75) is 31.3 Å². The van der Waals surface area contributed by atoms with Crippen molar-refractivity contribution >= 4 is 36.9 Å². The third-order valence-electron chi connectivity index (χ3n) is 2.40. The minimum Gasteiger partial charge on any atom is -0.443 e. The van der Waals surface area contributed by atoms with E-state index in [1.54, 1.807) is 20.8 Å². The maximum atomic E-state index is 12.0. The number of ether oxygens (including phenoxy) is 1. The zero-order chi connectivity index (χ0) is 15.1. The van der Waals surface area contributed by atoms with Gasteiger partial charge in [0.2, 0.25) is 0 Å². The van der Waals surface area contributed by atoms with Crippen molar-refractivity contribution in [3.63, 3.8) is 0 Å². The van der Waals surface area contributed by atoms with Gasteiger partial charge >= 0.3 is 6.09 Å². The second-order valence-corrected chi connectivity index (χ2v) is 7.68. The van der Waals surface area contributed by atoms with Crippen LogP contribution in [-0.2, 0) is 13.8 Å². The first kappa shape index (κ1) is 14.8. The normalized spacial score (nSPS) is 12.6. The van der Waals surface area contributed by atoms with Crippen LogP contribution in [0.25, 0.3) is 11.0 Å². The molecule has 2 aromatic heterocycles. The highest BCUT2D eigenvalue weighted by atomic mass is 35.7. The molecule has 0 aliphatic heterocycles. The summed E-state index contributed by atoms with van der Waals surface area (Å²) in [6.07, 6.45) is 2.04. The van der Waals surface area contributed by atoms with Crippen molar-refractivity contribution in [3.8, 4) is 0 Å². The first-order valence-corrected chi connectivity index (χ1v) is 8.04. The average Bonchev–Trinajstić information content (AvgIpc) is 2.68. The Balaban J connectivity index is 2.57. The number of fused-ring (bicyclic) bond motifs is 1. The van der Waals surface area contributed by atoms with E-state index in [0.717, 1.165) is 4.57 Å².